The lowest BCUT2D eigenvalue weighted by Crippen LogP contribution is -2.48. The molecule has 3 heterocycles. The van der Waals surface area contributed by atoms with Crippen LogP contribution in [0.1, 0.15) is 5.56 Å². The number of nitrogens with one attached hydrogen (secondary N) is 1. The van der Waals surface area contributed by atoms with Gasteiger partial charge in [0.25, 0.3) is 5.56 Å². The van der Waals surface area contributed by atoms with Gasteiger partial charge in [0.1, 0.15) is 11.3 Å². The average Bonchev–Trinajstić information content (AvgIpc) is 3.37. The van der Waals surface area contributed by atoms with Crippen LogP contribution in [0.15, 0.2) is 69.1 Å². The van der Waals surface area contributed by atoms with E-state index in [-0.39, 0.29) is 4.90 Å². The standard InChI is InChI=1S/C26H29N5O5S/c1-28-23-16-22(27-24(23)25(32)29(2)26(28)33)19-6-10-21(11-7-19)37(34,35)31-14-12-30(13-15-31)17-18-4-8-20(36-3)9-5-18/h4-11,16,27H,12-15,17H2,1-3H3. The number of piperazine rings is 1. The summed E-state index contributed by atoms with van der Waals surface area (Å²) in [4.78, 5) is 30.2. The molecule has 2 aromatic carbocycles. The van der Waals surface area contributed by atoms with Crippen molar-refractivity contribution in [2.45, 2.75) is 11.4 Å². The van der Waals surface area contributed by atoms with E-state index in [1.54, 1.807) is 44.5 Å². The van der Waals surface area contributed by atoms with Crippen LogP contribution in [0.3, 0.4) is 0 Å². The Morgan fingerprint density at radius 1 is 0.892 bits per heavy atom. The van der Waals surface area contributed by atoms with Crippen LogP contribution < -0.4 is 16.0 Å². The molecule has 0 saturated carbocycles. The van der Waals surface area contributed by atoms with Crippen molar-refractivity contribution in [1.82, 2.24) is 23.3 Å². The van der Waals surface area contributed by atoms with Crippen molar-refractivity contribution in [3.8, 4) is 17.0 Å². The van der Waals surface area contributed by atoms with Gasteiger partial charge in [-0.25, -0.2) is 13.2 Å². The highest BCUT2D eigenvalue weighted by molar-refractivity contribution is 7.89. The number of H-pyrrole nitrogens is 1. The number of ether oxygens (including phenoxy) is 1. The SMILES string of the molecule is COc1ccc(CN2CCN(S(=O)(=O)c3ccc(-c4cc5c([nH]4)c(=O)n(C)c(=O)n5C)cc3)CC2)cc1. The lowest BCUT2D eigenvalue weighted by atomic mass is 10.1. The summed E-state index contributed by atoms with van der Waals surface area (Å²) in [6.45, 7) is 2.88. The largest absolute Gasteiger partial charge is 0.497 e. The molecule has 1 N–H and O–H groups in total. The van der Waals surface area contributed by atoms with E-state index >= 15 is 0 Å². The molecule has 10 nitrogen and oxygen atoms in total. The third-order valence-electron chi connectivity index (χ3n) is 6.95. The monoisotopic (exact) mass is 523 g/mol. The normalized spacial score (nSPS) is 15.3. The number of methoxy groups -OCH3 is 1. The number of hydrogen-bond acceptors (Lipinski definition) is 6. The number of aromatic amines is 1. The van der Waals surface area contributed by atoms with E-state index in [4.69, 9.17) is 4.74 Å². The highest BCUT2D eigenvalue weighted by atomic mass is 32.2. The van der Waals surface area contributed by atoms with Gasteiger partial charge in [-0.2, -0.15) is 4.31 Å². The maximum absolute atomic E-state index is 13.3. The summed E-state index contributed by atoms with van der Waals surface area (Å²) in [6.07, 6.45) is 0. The van der Waals surface area contributed by atoms with Gasteiger partial charge in [-0.1, -0.05) is 24.3 Å². The minimum atomic E-state index is -3.63. The third kappa shape index (κ3) is 4.61. The molecule has 5 rings (SSSR count). The van der Waals surface area contributed by atoms with Crippen molar-refractivity contribution in [3.05, 3.63) is 81.0 Å². The second-order valence-corrected chi connectivity index (χ2v) is 11.1. The first-order valence-corrected chi connectivity index (χ1v) is 13.4. The molecule has 194 valence electrons. The number of aromatic nitrogens is 3. The lowest BCUT2D eigenvalue weighted by molar-refractivity contribution is 0.181. The van der Waals surface area contributed by atoms with Gasteiger partial charge in [0.05, 0.1) is 17.5 Å². The van der Waals surface area contributed by atoms with Crippen molar-refractivity contribution >= 4 is 21.1 Å². The predicted molar refractivity (Wildman–Crippen MR) is 141 cm³/mol. The number of aryl methyl sites for hydroxylation is 1. The molecule has 1 aliphatic heterocycles. The minimum absolute atomic E-state index is 0.222. The molecule has 4 aromatic rings. The molecular formula is C26H29N5O5S. The summed E-state index contributed by atoms with van der Waals surface area (Å²) >= 11 is 0. The summed E-state index contributed by atoms with van der Waals surface area (Å²) in [5, 5.41) is 0. The van der Waals surface area contributed by atoms with E-state index in [2.05, 4.69) is 9.88 Å². The first kappa shape index (κ1) is 25.0. The quantitative estimate of drug-likeness (QED) is 0.412. The summed E-state index contributed by atoms with van der Waals surface area (Å²) in [7, 11) is 1.04. The van der Waals surface area contributed by atoms with E-state index in [0.29, 0.717) is 48.5 Å². The van der Waals surface area contributed by atoms with E-state index in [0.717, 1.165) is 22.4 Å². The van der Waals surface area contributed by atoms with Crippen molar-refractivity contribution in [3.63, 3.8) is 0 Å². The van der Waals surface area contributed by atoms with E-state index in [1.807, 2.05) is 24.3 Å². The maximum Gasteiger partial charge on any atom is 0.331 e. The lowest BCUT2D eigenvalue weighted by Gasteiger charge is -2.34. The Hall–Kier alpha value is -3.67. The zero-order valence-electron chi connectivity index (χ0n) is 21.0. The van der Waals surface area contributed by atoms with Gasteiger partial charge >= 0.3 is 5.69 Å². The maximum atomic E-state index is 13.3. The average molecular weight is 524 g/mol. The number of fused-ring (bicyclic) bond motifs is 1. The fraction of sp³-hybridized carbons (Fsp3) is 0.308. The molecule has 37 heavy (non-hydrogen) atoms. The highest BCUT2D eigenvalue weighted by Gasteiger charge is 2.28. The van der Waals surface area contributed by atoms with Crippen LogP contribution in [0.4, 0.5) is 0 Å². The Labute approximate surface area is 214 Å². The van der Waals surface area contributed by atoms with E-state index in [9.17, 15) is 18.0 Å². The smallest absolute Gasteiger partial charge is 0.331 e. The van der Waals surface area contributed by atoms with Crippen LogP contribution in [0.25, 0.3) is 22.3 Å². The summed E-state index contributed by atoms with van der Waals surface area (Å²) in [5.41, 5.74) is 2.50. The van der Waals surface area contributed by atoms with E-state index < -0.39 is 21.3 Å². The summed E-state index contributed by atoms with van der Waals surface area (Å²) < 4.78 is 35.7. The Kier molecular flexibility index (Phi) is 6.52. The van der Waals surface area contributed by atoms with E-state index in [1.165, 1.54) is 15.9 Å². The van der Waals surface area contributed by atoms with Crippen LogP contribution >= 0.6 is 0 Å². The fourth-order valence-corrected chi connectivity index (χ4v) is 6.10. The third-order valence-corrected chi connectivity index (χ3v) is 8.86. The van der Waals surface area contributed by atoms with Gasteiger partial charge in [-0.05, 0) is 41.5 Å². The highest BCUT2D eigenvalue weighted by Crippen LogP contribution is 2.25. The second-order valence-electron chi connectivity index (χ2n) is 9.20. The van der Waals surface area contributed by atoms with Gasteiger partial charge in [0.15, 0.2) is 0 Å². The Morgan fingerprint density at radius 3 is 2.16 bits per heavy atom. The minimum Gasteiger partial charge on any atom is -0.497 e. The van der Waals surface area contributed by atoms with Crippen molar-refractivity contribution in [2.75, 3.05) is 33.3 Å². The summed E-state index contributed by atoms with van der Waals surface area (Å²) in [6, 6.07) is 16.2. The van der Waals surface area contributed by atoms with Gasteiger partial charge in [-0.15, -0.1) is 0 Å². The first-order valence-electron chi connectivity index (χ1n) is 11.9. The van der Waals surface area contributed by atoms with Crippen molar-refractivity contribution in [1.29, 1.82) is 0 Å². The number of nitrogens with zero attached hydrogens (tertiary/aromatic N) is 4. The van der Waals surface area contributed by atoms with Gasteiger partial charge in [-0.3, -0.25) is 18.8 Å². The topological polar surface area (TPSA) is 110 Å². The van der Waals surface area contributed by atoms with Crippen molar-refractivity contribution in [2.24, 2.45) is 14.1 Å². The molecule has 1 saturated heterocycles. The van der Waals surface area contributed by atoms with Crippen LogP contribution in [0.2, 0.25) is 0 Å². The number of sulfonamides is 1. The summed E-state index contributed by atoms with van der Waals surface area (Å²) in [5.74, 6) is 0.810. The zero-order chi connectivity index (χ0) is 26.3. The molecule has 0 aliphatic carbocycles. The van der Waals surface area contributed by atoms with Gasteiger partial charge in [0.2, 0.25) is 10.0 Å². The van der Waals surface area contributed by atoms with Crippen LogP contribution in [-0.2, 0) is 30.7 Å². The fourth-order valence-electron chi connectivity index (χ4n) is 4.68. The first-order chi connectivity index (χ1) is 17.7. The van der Waals surface area contributed by atoms with Gasteiger partial charge < -0.3 is 9.72 Å². The zero-order valence-corrected chi connectivity index (χ0v) is 21.8. The molecule has 0 radical (unpaired) electrons. The molecule has 1 fully saturated rings. The Morgan fingerprint density at radius 2 is 1.54 bits per heavy atom. The predicted octanol–water partition coefficient (Wildman–Crippen LogP) is 1.75. The Balaban J connectivity index is 1.29. The molecule has 1 aliphatic rings. The molecule has 0 atom stereocenters. The Bertz CT molecular complexity index is 1660. The van der Waals surface area contributed by atoms with Crippen LogP contribution in [0.5, 0.6) is 5.75 Å². The van der Waals surface area contributed by atoms with Crippen LogP contribution in [-0.4, -0.2) is 65.0 Å². The molecular weight excluding hydrogens is 494 g/mol. The molecule has 0 amide bonds. The number of rotatable bonds is 6. The van der Waals surface area contributed by atoms with Crippen molar-refractivity contribution < 1.29 is 13.2 Å². The number of benzene rings is 2. The van der Waals surface area contributed by atoms with Crippen LogP contribution in [0, 0.1) is 0 Å². The molecule has 0 unspecified atom stereocenters. The molecule has 2 aromatic heterocycles. The molecule has 0 spiro atoms. The second kappa shape index (κ2) is 9.66. The molecule has 11 heteroatoms. The molecule has 0 bridgehead atoms. The van der Waals surface area contributed by atoms with Gasteiger partial charge in [0, 0.05) is 52.5 Å². The number of hydrogen-bond donors (Lipinski definition) is 1.